The van der Waals surface area contributed by atoms with Crippen molar-refractivity contribution in [1.82, 2.24) is 15.2 Å². The lowest BCUT2D eigenvalue weighted by atomic mass is 9.97. The molecule has 1 aromatic carbocycles. The van der Waals surface area contributed by atoms with Gasteiger partial charge in [0.05, 0.1) is 5.56 Å². The van der Waals surface area contributed by atoms with Crippen molar-refractivity contribution >= 4 is 12.0 Å². The van der Waals surface area contributed by atoms with Crippen LogP contribution < -0.4 is 10.9 Å². The summed E-state index contributed by atoms with van der Waals surface area (Å²) in [5, 5.41) is 12.1. The van der Waals surface area contributed by atoms with Gasteiger partial charge in [-0.2, -0.15) is 0 Å². The van der Waals surface area contributed by atoms with Crippen LogP contribution in [0.2, 0.25) is 0 Å². The minimum atomic E-state index is -0.535. The first-order valence-corrected chi connectivity index (χ1v) is 9.18. The van der Waals surface area contributed by atoms with Crippen molar-refractivity contribution in [2.24, 2.45) is 5.92 Å². The molecule has 28 heavy (non-hydrogen) atoms. The Bertz CT molecular complexity index is 873. The first-order valence-electron chi connectivity index (χ1n) is 9.18. The van der Waals surface area contributed by atoms with Crippen molar-refractivity contribution in [3.8, 4) is 5.88 Å². The number of hydrogen-bond acceptors (Lipinski definition) is 5. The van der Waals surface area contributed by atoms with Gasteiger partial charge < -0.3 is 20.1 Å². The van der Waals surface area contributed by atoms with Crippen LogP contribution in [-0.4, -0.2) is 46.6 Å². The monoisotopic (exact) mass is 385 g/mol. The quantitative estimate of drug-likeness (QED) is 0.727. The maximum absolute atomic E-state index is 12.2. The Morgan fingerprint density at radius 3 is 2.57 bits per heavy atom. The summed E-state index contributed by atoms with van der Waals surface area (Å²) in [5.41, 5.74) is 0.523. The largest absolute Gasteiger partial charge is 0.494 e. The summed E-state index contributed by atoms with van der Waals surface area (Å²) in [6.45, 7) is 1.83. The average molecular weight is 385 g/mol. The second kappa shape index (κ2) is 9.07. The highest BCUT2D eigenvalue weighted by Crippen LogP contribution is 2.18. The third-order valence-electron chi connectivity index (χ3n) is 4.72. The smallest absolute Gasteiger partial charge is 0.410 e. The molecule has 0 bridgehead atoms. The summed E-state index contributed by atoms with van der Waals surface area (Å²) in [6.07, 6.45) is 1.17. The van der Waals surface area contributed by atoms with E-state index in [9.17, 15) is 19.5 Å². The van der Waals surface area contributed by atoms with Crippen molar-refractivity contribution in [2.45, 2.75) is 19.4 Å². The first-order chi connectivity index (χ1) is 13.5. The van der Waals surface area contributed by atoms with Gasteiger partial charge in [0.15, 0.2) is 5.88 Å². The number of rotatable bonds is 5. The molecule has 2 heterocycles. The summed E-state index contributed by atoms with van der Waals surface area (Å²) in [5.74, 6) is -0.524. The van der Waals surface area contributed by atoms with Gasteiger partial charge in [-0.05, 0) is 24.3 Å². The number of aromatic amines is 1. The van der Waals surface area contributed by atoms with Crippen LogP contribution in [0.1, 0.15) is 28.8 Å². The van der Waals surface area contributed by atoms with Crippen LogP contribution in [0, 0.1) is 5.92 Å². The number of benzene rings is 1. The van der Waals surface area contributed by atoms with E-state index in [-0.39, 0.29) is 30.1 Å². The zero-order valence-electron chi connectivity index (χ0n) is 15.4. The number of aromatic hydroxyl groups is 1. The van der Waals surface area contributed by atoms with Crippen LogP contribution in [0.3, 0.4) is 0 Å². The summed E-state index contributed by atoms with van der Waals surface area (Å²) >= 11 is 0. The third kappa shape index (κ3) is 5.35. The standard InChI is InChI=1S/C20H23N3O5/c24-17-10-16(11-18(25)22-17)19(26)21-12-14-6-8-23(9-7-14)20(27)28-13-15-4-2-1-3-5-15/h1-5,10-11,14H,6-9,12-13H2,(H,21,26)(H2,22,24,25). The molecule has 0 radical (unpaired) electrons. The number of carbonyl (C=O) groups excluding carboxylic acids is 2. The summed E-state index contributed by atoms with van der Waals surface area (Å²) in [7, 11) is 0. The summed E-state index contributed by atoms with van der Waals surface area (Å²) < 4.78 is 5.34. The molecule has 0 unspecified atom stereocenters. The van der Waals surface area contributed by atoms with Gasteiger partial charge in [0.1, 0.15) is 6.61 Å². The number of piperidine rings is 1. The molecule has 2 amide bonds. The molecule has 1 aliphatic heterocycles. The number of nitrogens with one attached hydrogen (secondary N) is 2. The van der Waals surface area contributed by atoms with Gasteiger partial charge in [-0.1, -0.05) is 30.3 Å². The van der Waals surface area contributed by atoms with Gasteiger partial charge in [-0.3, -0.25) is 14.6 Å². The van der Waals surface area contributed by atoms with Crippen LogP contribution >= 0.6 is 0 Å². The van der Waals surface area contributed by atoms with Crippen molar-refractivity contribution in [3.05, 3.63) is 63.9 Å². The van der Waals surface area contributed by atoms with E-state index in [1.807, 2.05) is 30.3 Å². The van der Waals surface area contributed by atoms with Crippen LogP contribution in [0.4, 0.5) is 4.79 Å². The van der Waals surface area contributed by atoms with Gasteiger partial charge in [0, 0.05) is 31.8 Å². The number of hydrogen-bond donors (Lipinski definition) is 3. The van der Waals surface area contributed by atoms with Crippen LogP contribution in [0.15, 0.2) is 47.3 Å². The molecule has 0 saturated carbocycles. The number of amides is 2. The molecule has 1 saturated heterocycles. The van der Waals surface area contributed by atoms with Gasteiger partial charge in [-0.15, -0.1) is 0 Å². The van der Waals surface area contributed by atoms with Crippen molar-refractivity contribution < 1.29 is 19.4 Å². The number of nitrogens with zero attached hydrogens (tertiary/aromatic N) is 1. The number of H-pyrrole nitrogens is 1. The van der Waals surface area contributed by atoms with Crippen LogP contribution in [0.25, 0.3) is 0 Å². The van der Waals surface area contributed by atoms with E-state index < -0.39 is 11.5 Å². The van der Waals surface area contributed by atoms with E-state index in [4.69, 9.17) is 4.74 Å². The number of ether oxygens (including phenoxy) is 1. The van der Waals surface area contributed by atoms with Crippen molar-refractivity contribution in [1.29, 1.82) is 0 Å². The highest BCUT2D eigenvalue weighted by molar-refractivity contribution is 5.94. The number of aromatic nitrogens is 1. The Morgan fingerprint density at radius 2 is 1.89 bits per heavy atom. The molecule has 1 aromatic heterocycles. The van der Waals surface area contributed by atoms with Crippen LogP contribution in [0.5, 0.6) is 5.88 Å². The Labute approximate surface area is 162 Å². The molecular weight excluding hydrogens is 362 g/mol. The Balaban J connectivity index is 1.40. The van der Waals surface area contributed by atoms with Crippen molar-refractivity contribution in [3.63, 3.8) is 0 Å². The zero-order chi connectivity index (χ0) is 19.9. The summed E-state index contributed by atoms with van der Waals surface area (Å²) in [4.78, 5) is 39.5. The predicted molar refractivity (Wildman–Crippen MR) is 102 cm³/mol. The second-order valence-corrected chi connectivity index (χ2v) is 6.80. The molecule has 0 aliphatic carbocycles. The highest BCUT2D eigenvalue weighted by Gasteiger charge is 2.24. The minimum absolute atomic E-state index is 0.114. The number of pyridine rings is 1. The summed E-state index contributed by atoms with van der Waals surface area (Å²) in [6, 6.07) is 11.9. The lowest BCUT2D eigenvalue weighted by Crippen LogP contribution is -2.41. The molecular formula is C20H23N3O5. The van der Waals surface area contributed by atoms with Gasteiger partial charge >= 0.3 is 6.09 Å². The van der Waals surface area contributed by atoms with Crippen molar-refractivity contribution in [2.75, 3.05) is 19.6 Å². The van der Waals surface area contributed by atoms with E-state index >= 15 is 0 Å². The molecule has 148 valence electrons. The topological polar surface area (TPSA) is 112 Å². The minimum Gasteiger partial charge on any atom is -0.494 e. The second-order valence-electron chi connectivity index (χ2n) is 6.80. The molecule has 0 spiro atoms. The fourth-order valence-electron chi connectivity index (χ4n) is 3.13. The van der Waals surface area contributed by atoms with Gasteiger partial charge in [0.2, 0.25) is 0 Å². The van der Waals surface area contributed by atoms with E-state index in [1.54, 1.807) is 4.90 Å². The number of carbonyl (C=O) groups is 2. The van der Waals surface area contributed by atoms with Gasteiger partial charge in [0.25, 0.3) is 11.5 Å². The average Bonchev–Trinajstić information content (AvgIpc) is 2.70. The molecule has 3 N–H and O–H groups in total. The SMILES string of the molecule is O=C(NCC1CCN(C(=O)OCc2ccccc2)CC1)c1cc(O)[nH]c(=O)c1. The maximum Gasteiger partial charge on any atom is 0.410 e. The van der Waals surface area contributed by atoms with E-state index in [1.165, 1.54) is 6.07 Å². The third-order valence-corrected chi connectivity index (χ3v) is 4.72. The first kappa shape index (κ1) is 19.5. The Hall–Kier alpha value is -3.29. The normalized spacial score (nSPS) is 14.5. The fraction of sp³-hybridized carbons (Fsp3) is 0.350. The highest BCUT2D eigenvalue weighted by atomic mass is 16.6. The van der Waals surface area contributed by atoms with E-state index in [2.05, 4.69) is 10.3 Å². The molecule has 0 atom stereocenters. The predicted octanol–water partition coefficient (Wildman–Crippen LogP) is 1.86. The van der Waals surface area contributed by atoms with E-state index in [0.717, 1.165) is 24.5 Å². The Kier molecular flexibility index (Phi) is 6.31. The molecule has 8 nitrogen and oxygen atoms in total. The molecule has 3 rings (SSSR count). The number of likely N-dealkylation sites (tertiary alicyclic amines) is 1. The maximum atomic E-state index is 12.2. The fourth-order valence-corrected chi connectivity index (χ4v) is 3.13. The zero-order valence-corrected chi connectivity index (χ0v) is 15.4. The lowest BCUT2D eigenvalue weighted by molar-refractivity contribution is 0.0800. The Morgan fingerprint density at radius 1 is 1.18 bits per heavy atom. The van der Waals surface area contributed by atoms with E-state index in [0.29, 0.717) is 19.6 Å². The van der Waals surface area contributed by atoms with Gasteiger partial charge in [-0.25, -0.2) is 4.79 Å². The lowest BCUT2D eigenvalue weighted by Gasteiger charge is -2.31. The molecule has 1 fully saturated rings. The van der Waals surface area contributed by atoms with Crippen LogP contribution in [-0.2, 0) is 11.3 Å². The molecule has 8 heteroatoms. The molecule has 2 aromatic rings. The molecule has 1 aliphatic rings.